The number of aromatic nitrogens is 2. The van der Waals surface area contributed by atoms with Crippen LogP contribution in [0, 0.1) is 0 Å². The number of hydrogen-bond acceptors (Lipinski definition) is 4. The maximum absolute atomic E-state index is 5.32. The summed E-state index contributed by atoms with van der Waals surface area (Å²) >= 11 is 5.05. The van der Waals surface area contributed by atoms with Gasteiger partial charge in [0.25, 0.3) is 0 Å². The number of nitrogens with two attached hydrogens (primary N) is 1. The Balaban J connectivity index is 2.17. The zero-order valence-corrected chi connectivity index (χ0v) is 11.9. The second-order valence-electron chi connectivity index (χ2n) is 4.38. The molecule has 0 saturated heterocycles. The van der Waals surface area contributed by atoms with Gasteiger partial charge in [-0.1, -0.05) is 42.5 Å². The Bertz CT molecular complexity index is 788. The van der Waals surface area contributed by atoms with E-state index in [1.807, 2.05) is 54.6 Å². The average molecular weight is 295 g/mol. The number of nitrogens with zero attached hydrogens (tertiary/aromatic N) is 2. The number of para-hydroxylation sites is 1. The zero-order valence-electron chi connectivity index (χ0n) is 11.1. The average Bonchev–Trinajstić information content (AvgIpc) is 2.55. The van der Waals surface area contributed by atoms with Crippen molar-refractivity contribution in [3.8, 4) is 11.4 Å². The maximum Gasteiger partial charge on any atom is 0.186 e. The number of hydrazine groups is 1. The highest BCUT2D eigenvalue weighted by molar-refractivity contribution is 7.80. The molecule has 0 aliphatic carbocycles. The maximum atomic E-state index is 5.32. The molecule has 2 aromatic carbocycles. The molecule has 0 saturated carbocycles. The first-order valence-electron chi connectivity index (χ1n) is 6.38. The molecule has 21 heavy (non-hydrogen) atoms. The highest BCUT2D eigenvalue weighted by atomic mass is 32.1. The number of benzene rings is 2. The molecule has 0 fully saturated rings. The molecule has 1 heterocycles. The Morgan fingerprint density at radius 2 is 1.67 bits per heavy atom. The van der Waals surface area contributed by atoms with Crippen molar-refractivity contribution in [2.45, 2.75) is 0 Å². The van der Waals surface area contributed by atoms with Gasteiger partial charge in [0.15, 0.2) is 10.9 Å². The zero-order chi connectivity index (χ0) is 14.7. The Kier molecular flexibility index (Phi) is 3.72. The topological polar surface area (TPSA) is 75.9 Å². The first-order valence-corrected chi connectivity index (χ1v) is 6.78. The summed E-state index contributed by atoms with van der Waals surface area (Å²) in [5.41, 5.74) is 4.18. The normalized spacial score (nSPS) is 10.3. The summed E-state index contributed by atoms with van der Waals surface area (Å²) in [6, 6.07) is 17.5. The predicted octanol–water partition coefficient (Wildman–Crippen LogP) is 2.46. The van der Waals surface area contributed by atoms with Gasteiger partial charge in [-0.2, -0.15) is 0 Å². The molecule has 104 valence electrons. The van der Waals surface area contributed by atoms with Crippen LogP contribution in [0.3, 0.4) is 0 Å². The standard InChI is InChI=1S/C15H13N5S/c16-20-15(21)19-14-11-8-4-5-9-12(11)17-13(18-14)10-6-2-1-3-7-10/h1-9H,16H2,(H2,17,18,19,20,21). The van der Waals surface area contributed by atoms with Crippen molar-refractivity contribution in [1.29, 1.82) is 0 Å². The summed E-state index contributed by atoms with van der Waals surface area (Å²) in [5, 5.41) is 4.18. The molecule has 3 aromatic rings. The Labute approximate surface area is 127 Å². The highest BCUT2D eigenvalue weighted by Gasteiger charge is 2.09. The van der Waals surface area contributed by atoms with Gasteiger partial charge in [0.2, 0.25) is 0 Å². The summed E-state index contributed by atoms with van der Waals surface area (Å²) in [7, 11) is 0. The smallest absolute Gasteiger partial charge is 0.186 e. The molecule has 5 nitrogen and oxygen atoms in total. The van der Waals surface area contributed by atoms with Crippen molar-refractivity contribution in [2.24, 2.45) is 5.84 Å². The molecule has 1 aromatic heterocycles. The predicted molar refractivity (Wildman–Crippen MR) is 88.5 cm³/mol. The molecule has 0 unspecified atom stereocenters. The quantitative estimate of drug-likeness (QED) is 0.383. The molecule has 0 spiro atoms. The van der Waals surface area contributed by atoms with E-state index < -0.39 is 0 Å². The summed E-state index contributed by atoms with van der Waals surface area (Å²) in [4.78, 5) is 9.15. The first-order chi connectivity index (χ1) is 10.3. The van der Waals surface area contributed by atoms with Gasteiger partial charge >= 0.3 is 0 Å². The Hall–Kier alpha value is -2.57. The fourth-order valence-electron chi connectivity index (χ4n) is 2.03. The minimum atomic E-state index is 0.304. The van der Waals surface area contributed by atoms with Crippen LogP contribution in [0.1, 0.15) is 0 Å². The van der Waals surface area contributed by atoms with Crippen LogP contribution in [0.2, 0.25) is 0 Å². The minimum absolute atomic E-state index is 0.304. The number of fused-ring (bicyclic) bond motifs is 1. The lowest BCUT2D eigenvalue weighted by Gasteiger charge is -2.11. The number of hydrogen-bond donors (Lipinski definition) is 3. The van der Waals surface area contributed by atoms with Gasteiger partial charge in [-0.25, -0.2) is 15.8 Å². The first kappa shape index (κ1) is 13.4. The van der Waals surface area contributed by atoms with Gasteiger partial charge in [0.05, 0.1) is 5.52 Å². The molecule has 0 aliphatic heterocycles. The number of rotatable bonds is 2. The van der Waals surface area contributed by atoms with Crippen molar-refractivity contribution < 1.29 is 0 Å². The van der Waals surface area contributed by atoms with E-state index in [1.165, 1.54) is 0 Å². The second kappa shape index (κ2) is 5.82. The van der Waals surface area contributed by atoms with Gasteiger partial charge in [-0.05, 0) is 24.4 Å². The number of thiocarbonyl (C=S) groups is 1. The van der Waals surface area contributed by atoms with Crippen molar-refractivity contribution in [2.75, 3.05) is 5.32 Å². The van der Waals surface area contributed by atoms with Crippen LogP contribution in [0.25, 0.3) is 22.3 Å². The number of nitrogens with one attached hydrogen (secondary N) is 2. The van der Waals surface area contributed by atoms with Crippen molar-refractivity contribution in [3.63, 3.8) is 0 Å². The van der Waals surface area contributed by atoms with Crippen LogP contribution in [0.5, 0.6) is 0 Å². The van der Waals surface area contributed by atoms with E-state index >= 15 is 0 Å². The molecule has 6 heteroatoms. The summed E-state index contributed by atoms with van der Waals surface area (Å²) in [5.74, 6) is 6.58. The highest BCUT2D eigenvalue weighted by Crippen LogP contribution is 2.24. The lowest BCUT2D eigenvalue weighted by molar-refractivity contribution is 1.04. The van der Waals surface area contributed by atoms with Crippen LogP contribution in [-0.2, 0) is 0 Å². The van der Waals surface area contributed by atoms with Crippen molar-refractivity contribution in [1.82, 2.24) is 15.4 Å². The van der Waals surface area contributed by atoms with Gasteiger partial charge in [0.1, 0.15) is 5.82 Å². The van der Waals surface area contributed by atoms with Crippen LogP contribution < -0.4 is 16.6 Å². The summed E-state index contributed by atoms with van der Waals surface area (Å²) in [6.45, 7) is 0. The molecular weight excluding hydrogens is 282 g/mol. The Morgan fingerprint density at radius 1 is 0.952 bits per heavy atom. The third-order valence-corrected chi connectivity index (χ3v) is 3.22. The van der Waals surface area contributed by atoms with Gasteiger partial charge < -0.3 is 10.7 Å². The van der Waals surface area contributed by atoms with E-state index in [1.54, 1.807) is 0 Å². The second-order valence-corrected chi connectivity index (χ2v) is 4.79. The van der Waals surface area contributed by atoms with Crippen LogP contribution in [-0.4, -0.2) is 15.1 Å². The van der Waals surface area contributed by atoms with Crippen LogP contribution in [0.4, 0.5) is 5.82 Å². The molecule has 0 atom stereocenters. The van der Waals surface area contributed by atoms with Gasteiger partial charge in [-0.15, -0.1) is 0 Å². The SMILES string of the molecule is NNC(=S)Nc1nc(-c2ccccc2)nc2ccccc12. The van der Waals surface area contributed by atoms with E-state index in [0.29, 0.717) is 16.8 Å². The van der Waals surface area contributed by atoms with Gasteiger partial charge in [-0.3, -0.25) is 0 Å². The lowest BCUT2D eigenvalue weighted by atomic mass is 10.2. The van der Waals surface area contributed by atoms with E-state index in [4.69, 9.17) is 18.1 Å². The molecule has 0 radical (unpaired) electrons. The summed E-state index contributed by atoms with van der Waals surface area (Å²) in [6.07, 6.45) is 0. The minimum Gasteiger partial charge on any atom is -0.316 e. The monoisotopic (exact) mass is 295 g/mol. The van der Waals surface area contributed by atoms with E-state index in [-0.39, 0.29) is 0 Å². The Morgan fingerprint density at radius 3 is 2.43 bits per heavy atom. The van der Waals surface area contributed by atoms with Crippen LogP contribution in [0.15, 0.2) is 54.6 Å². The van der Waals surface area contributed by atoms with E-state index in [0.717, 1.165) is 16.5 Å². The molecule has 0 aliphatic rings. The fourth-order valence-corrected chi connectivity index (χ4v) is 2.13. The molecule has 4 N–H and O–H groups in total. The van der Waals surface area contributed by atoms with E-state index in [9.17, 15) is 0 Å². The van der Waals surface area contributed by atoms with Crippen LogP contribution >= 0.6 is 12.2 Å². The fraction of sp³-hybridized carbons (Fsp3) is 0. The molecule has 0 amide bonds. The molecule has 0 bridgehead atoms. The summed E-state index contributed by atoms with van der Waals surface area (Å²) < 4.78 is 0. The molecular formula is C15H13N5S. The largest absolute Gasteiger partial charge is 0.316 e. The van der Waals surface area contributed by atoms with E-state index in [2.05, 4.69) is 20.7 Å². The van der Waals surface area contributed by atoms with Crippen molar-refractivity contribution >= 4 is 34.1 Å². The third-order valence-electron chi connectivity index (χ3n) is 3.00. The molecule has 3 rings (SSSR count). The lowest BCUT2D eigenvalue weighted by Crippen LogP contribution is -2.34. The van der Waals surface area contributed by atoms with Crippen molar-refractivity contribution in [3.05, 3.63) is 54.6 Å². The van der Waals surface area contributed by atoms with Gasteiger partial charge in [0, 0.05) is 10.9 Å². The third kappa shape index (κ3) is 2.81. The number of anilines is 1.